The number of aryl methyl sites for hydroxylation is 1. The molecule has 0 saturated carbocycles. The Bertz CT molecular complexity index is 537. The quantitative estimate of drug-likeness (QED) is 0.945. The van der Waals surface area contributed by atoms with Crippen molar-refractivity contribution in [2.24, 2.45) is 12.8 Å². The van der Waals surface area contributed by atoms with Crippen molar-refractivity contribution in [1.29, 1.82) is 0 Å². The molecule has 4 nitrogen and oxygen atoms in total. The van der Waals surface area contributed by atoms with Gasteiger partial charge in [-0.3, -0.25) is 4.68 Å². The molecule has 2 aromatic rings. The molecule has 0 radical (unpaired) electrons. The Morgan fingerprint density at radius 3 is 2.83 bits per heavy atom. The van der Waals surface area contributed by atoms with Crippen LogP contribution < -0.4 is 10.5 Å². The van der Waals surface area contributed by atoms with E-state index in [0.29, 0.717) is 6.61 Å². The van der Waals surface area contributed by atoms with Crippen LogP contribution in [-0.2, 0) is 13.7 Å². The first-order valence-electron chi connectivity index (χ1n) is 5.72. The fraction of sp³-hybridized carbons (Fsp3) is 0.308. The van der Waals surface area contributed by atoms with E-state index in [9.17, 15) is 0 Å². The third-order valence-corrected chi connectivity index (χ3v) is 3.10. The Balaban J connectivity index is 2.13. The van der Waals surface area contributed by atoms with E-state index in [0.717, 1.165) is 21.5 Å². The third-order valence-electron chi connectivity index (χ3n) is 2.61. The van der Waals surface area contributed by atoms with Crippen LogP contribution in [0.15, 0.2) is 34.9 Å². The van der Waals surface area contributed by atoms with E-state index < -0.39 is 0 Å². The van der Waals surface area contributed by atoms with Crippen molar-refractivity contribution >= 4 is 15.9 Å². The summed E-state index contributed by atoms with van der Waals surface area (Å²) in [5, 5.41) is 4.27. The maximum Gasteiger partial charge on any atom is 0.132 e. The van der Waals surface area contributed by atoms with Crippen molar-refractivity contribution in [2.45, 2.75) is 19.6 Å². The Hall–Kier alpha value is -1.33. The van der Waals surface area contributed by atoms with E-state index >= 15 is 0 Å². The lowest BCUT2D eigenvalue weighted by atomic mass is 10.1. The summed E-state index contributed by atoms with van der Waals surface area (Å²) in [6.07, 6.45) is 1.90. The smallest absolute Gasteiger partial charge is 0.132 e. The number of hydrogen-bond donors (Lipinski definition) is 1. The van der Waals surface area contributed by atoms with Crippen LogP contribution in [0.1, 0.15) is 24.2 Å². The van der Waals surface area contributed by atoms with Crippen LogP contribution in [0.4, 0.5) is 0 Å². The molecule has 1 aromatic heterocycles. The normalized spacial score (nSPS) is 12.4. The Morgan fingerprint density at radius 2 is 2.22 bits per heavy atom. The number of rotatable bonds is 4. The van der Waals surface area contributed by atoms with Crippen LogP contribution in [0.3, 0.4) is 0 Å². The predicted molar refractivity (Wildman–Crippen MR) is 74.3 cm³/mol. The predicted octanol–water partition coefficient (Wildman–Crippen LogP) is 2.78. The highest BCUT2D eigenvalue weighted by Crippen LogP contribution is 2.27. The first-order valence-corrected chi connectivity index (χ1v) is 6.52. The lowest BCUT2D eigenvalue weighted by Crippen LogP contribution is -2.08. The summed E-state index contributed by atoms with van der Waals surface area (Å²) in [6, 6.07) is 7.72. The first-order chi connectivity index (χ1) is 8.56. The number of ether oxygens (including phenoxy) is 1. The van der Waals surface area contributed by atoms with Gasteiger partial charge in [0.1, 0.15) is 12.4 Å². The van der Waals surface area contributed by atoms with Gasteiger partial charge in [0.05, 0.1) is 5.69 Å². The molecule has 18 heavy (non-hydrogen) atoms. The fourth-order valence-corrected chi connectivity index (χ4v) is 2.08. The van der Waals surface area contributed by atoms with Crippen LogP contribution in [0.5, 0.6) is 5.75 Å². The summed E-state index contributed by atoms with van der Waals surface area (Å²) in [5.41, 5.74) is 7.82. The first kappa shape index (κ1) is 13.1. The van der Waals surface area contributed by atoms with Gasteiger partial charge < -0.3 is 10.5 Å². The van der Waals surface area contributed by atoms with Gasteiger partial charge in [-0.05, 0) is 31.2 Å². The van der Waals surface area contributed by atoms with Crippen LogP contribution in [0.2, 0.25) is 0 Å². The molecule has 2 rings (SSSR count). The molecular formula is C13H16BrN3O. The number of nitrogens with two attached hydrogens (primary N) is 1. The molecule has 0 aliphatic rings. The minimum absolute atomic E-state index is 0.0683. The van der Waals surface area contributed by atoms with Crippen molar-refractivity contribution in [3.05, 3.63) is 46.2 Å². The zero-order chi connectivity index (χ0) is 13.1. The van der Waals surface area contributed by atoms with Gasteiger partial charge in [0, 0.05) is 29.3 Å². The molecule has 0 fully saturated rings. The van der Waals surface area contributed by atoms with Crippen LogP contribution in [-0.4, -0.2) is 9.78 Å². The highest BCUT2D eigenvalue weighted by molar-refractivity contribution is 9.10. The molecule has 1 heterocycles. The van der Waals surface area contributed by atoms with Crippen LogP contribution >= 0.6 is 15.9 Å². The van der Waals surface area contributed by atoms with Crippen molar-refractivity contribution in [2.75, 3.05) is 0 Å². The van der Waals surface area contributed by atoms with E-state index in [1.807, 2.05) is 44.4 Å². The highest BCUT2D eigenvalue weighted by atomic mass is 79.9. The summed E-state index contributed by atoms with van der Waals surface area (Å²) >= 11 is 3.44. The Morgan fingerprint density at radius 1 is 1.44 bits per heavy atom. The molecule has 2 N–H and O–H groups in total. The summed E-state index contributed by atoms with van der Waals surface area (Å²) in [7, 11) is 1.89. The van der Waals surface area contributed by atoms with Crippen molar-refractivity contribution < 1.29 is 4.74 Å². The lowest BCUT2D eigenvalue weighted by molar-refractivity contribution is 0.295. The van der Waals surface area contributed by atoms with Crippen molar-refractivity contribution in [3.8, 4) is 5.75 Å². The topological polar surface area (TPSA) is 53.1 Å². The minimum Gasteiger partial charge on any atom is -0.487 e. The van der Waals surface area contributed by atoms with Crippen LogP contribution in [0, 0.1) is 0 Å². The zero-order valence-corrected chi connectivity index (χ0v) is 12.0. The van der Waals surface area contributed by atoms with E-state index in [1.54, 1.807) is 4.68 Å². The van der Waals surface area contributed by atoms with E-state index in [2.05, 4.69) is 21.0 Å². The van der Waals surface area contributed by atoms with Gasteiger partial charge in [-0.1, -0.05) is 15.9 Å². The van der Waals surface area contributed by atoms with Crippen molar-refractivity contribution in [3.63, 3.8) is 0 Å². The number of aromatic nitrogens is 2. The van der Waals surface area contributed by atoms with E-state index in [4.69, 9.17) is 10.5 Å². The lowest BCUT2D eigenvalue weighted by Gasteiger charge is -2.13. The molecule has 0 saturated heterocycles. The van der Waals surface area contributed by atoms with Crippen molar-refractivity contribution in [1.82, 2.24) is 9.78 Å². The second-order valence-corrected chi connectivity index (χ2v) is 5.16. The summed E-state index contributed by atoms with van der Waals surface area (Å²) in [6.45, 7) is 2.39. The second kappa shape index (κ2) is 5.54. The number of benzene rings is 1. The molecule has 0 spiro atoms. The summed E-state index contributed by atoms with van der Waals surface area (Å²) in [5.74, 6) is 0.804. The second-order valence-electron chi connectivity index (χ2n) is 4.24. The molecule has 5 heteroatoms. The van der Waals surface area contributed by atoms with Gasteiger partial charge in [0.25, 0.3) is 0 Å². The van der Waals surface area contributed by atoms with Gasteiger partial charge in [-0.25, -0.2) is 0 Å². The molecule has 0 amide bonds. The monoisotopic (exact) mass is 309 g/mol. The van der Waals surface area contributed by atoms with Gasteiger partial charge in [0.15, 0.2) is 0 Å². The SMILES string of the molecule is C[C@@H](N)c1cc(Br)ccc1OCc1ccn(C)n1. The van der Waals surface area contributed by atoms with E-state index in [-0.39, 0.29) is 6.04 Å². The number of halogens is 1. The Kier molecular flexibility index (Phi) is 4.04. The van der Waals surface area contributed by atoms with Gasteiger partial charge >= 0.3 is 0 Å². The molecule has 0 unspecified atom stereocenters. The largest absolute Gasteiger partial charge is 0.487 e. The molecule has 0 aliphatic heterocycles. The molecule has 96 valence electrons. The molecule has 1 aromatic carbocycles. The molecule has 1 atom stereocenters. The van der Waals surface area contributed by atoms with Gasteiger partial charge in [-0.15, -0.1) is 0 Å². The average Bonchev–Trinajstić information content (AvgIpc) is 2.73. The molecule has 0 aliphatic carbocycles. The number of nitrogens with zero attached hydrogens (tertiary/aromatic N) is 2. The Labute approximate surface area is 115 Å². The molecule has 0 bridgehead atoms. The zero-order valence-electron chi connectivity index (χ0n) is 10.4. The van der Waals surface area contributed by atoms with E-state index in [1.165, 1.54) is 0 Å². The van der Waals surface area contributed by atoms with Crippen LogP contribution in [0.25, 0.3) is 0 Å². The van der Waals surface area contributed by atoms with Gasteiger partial charge in [0.2, 0.25) is 0 Å². The van der Waals surface area contributed by atoms with Gasteiger partial charge in [-0.2, -0.15) is 5.10 Å². The standard InChI is InChI=1S/C13H16BrN3O/c1-9(15)12-7-10(14)3-4-13(12)18-8-11-5-6-17(2)16-11/h3-7,9H,8,15H2,1-2H3/t9-/m1/s1. The minimum atomic E-state index is -0.0683. The number of hydrogen-bond acceptors (Lipinski definition) is 3. The highest BCUT2D eigenvalue weighted by Gasteiger charge is 2.09. The maximum absolute atomic E-state index is 5.94. The molecular weight excluding hydrogens is 294 g/mol. The maximum atomic E-state index is 5.94. The fourth-order valence-electron chi connectivity index (χ4n) is 1.70. The average molecular weight is 310 g/mol. The summed E-state index contributed by atoms with van der Waals surface area (Å²) < 4.78 is 8.53. The third kappa shape index (κ3) is 3.11. The summed E-state index contributed by atoms with van der Waals surface area (Å²) in [4.78, 5) is 0.